The van der Waals surface area contributed by atoms with Crippen molar-refractivity contribution in [2.45, 2.75) is 38.0 Å². The highest BCUT2D eigenvalue weighted by Gasteiger charge is 2.41. The molecule has 2 aliphatic rings. The first kappa shape index (κ1) is 16.1. The number of hydrogen-bond donors (Lipinski definition) is 0. The van der Waals surface area contributed by atoms with Gasteiger partial charge in [0.25, 0.3) is 0 Å². The van der Waals surface area contributed by atoms with Crippen LogP contribution in [0.4, 0.5) is 14.6 Å². The molecule has 1 aromatic heterocycles. The molecule has 1 aliphatic heterocycles. The molecule has 0 spiro atoms. The number of halogens is 2. The van der Waals surface area contributed by atoms with Crippen molar-refractivity contribution in [2.75, 3.05) is 25.1 Å². The Morgan fingerprint density at radius 3 is 2.83 bits per heavy atom. The van der Waals surface area contributed by atoms with Gasteiger partial charge in [-0.05, 0) is 24.0 Å². The molecule has 0 N–H and O–H groups in total. The number of pyridine rings is 1. The maximum Gasteiger partial charge on any atom is 0.341 e. The van der Waals surface area contributed by atoms with Crippen molar-refractivity contribution in [1.29, 1.82) is 0 Å². The van der Waals surface area contributed by atoms with Crippen molar-refractivity contribution in [3.05, 3.63) is 23.9 Å². The SMILES string of the molecule is COC(=O)c1cccnc1N1CCC(F)(F)CC(C2CCC2)C1. The summed E-state index contributed by atoms with van der Waals surface area (Å²) in [4.78, 5) is 18.1. The first-order valence-corrected chi connectivity index (χ1v) is 8.16. The summed E-state index contributed by atoms with van der Waals surface area (Å²) in [5, 5.41) is 0. The van der Waals surface area contributed by atoms with Gasteiger partial charge in [-0.15, -0.1) is 0 Å². The van der Waals surface area contributed by atoms with E-state index in [0.717, 1.165) is 19.3 Å². The molecule has 6 heteroatoms. The normalized spacial score (nSPS) is 24.7. The standard InChI is InChI=1S/C17H22F2N2O2/c1-23-16(22)14-6-3-8-20-15(14)21-9-7-17(18,19)10-13(11-21)12-4-2-5-12/h3,6,8,12-13H,2,4-5,7,9-11H2,1H3. The zero-order chi connectivity index (χ0) is 16.4. The van der Waals surface area contributed by atoms with Crippen LogP contribution in [0.25, 0.3) is 0 Å². The molecule has 126 valence electrons. The summed E-state index contributed by atoms with van der Waals surface area (Å²) in [5.74, 6) is -2.35. The Balaban J connectivity index is 1.88. The summed E-state index contributed by atoms with van der Waals surface area (Å²) in [5.41, 5.74) is 0.340. The van der Waals surface area contributed by atoms with Gasteiger partial charge in [-0.1, -0.05) is 19.3 Å². The van der Waals surface area contributed by atoms with Crippen molar-refractivity contribution < 1.29 is 18.3 Å². The van der Waals surface area contributed by atoms with Crippen molar-refractivity contribution in [3.63, 3.8) is 0 Å². The molecule has 0 radical (unpaired) electrons. The fourth-order valence-electron chi connectivity index (χ4n) is 3.56. The third kappa shape index (κ3) is 3.46. The van der Waals surface area contributed by atoms with Crippen LogP contribution in [0.2, 0.25) is 0 Å². The first-order chi connectivity index (χ1) is 11.0. The zero-order valence-electron chi connectivity index (χ0n) is 13.3. The number of aromatic nitrogens is 1. The minimum atomic E-state index is -2.64. The monoisotopic (exact) mass is 324 g/mol. The quantitative estimate of drug-likeness (QED) is 0.798. The predicted molar refractivity (Wildman–Crippen MR) is 82.8 cm³/mol. The van der Waals surface area contributed by atoms with E-state index < -0.39 is 11.9 Å². The first-order valence-electron chi connectivity index (χ1n) is 8.16. The van der Waals surface area contributed by atoms with Crippen LogP contribution in [0.15, 0.2) is 18.3 Å². The van der Waals surface area contributed by atoms with E-state index in [2.05, 4.69) is 4.98 Å². The maximum absolute atomic E-state index is 14.1. The Labute approximate surface area is 134 Å². The highest BCUT2D eigenvalue weighted by Crippen LogP contribution is 2.42. The largest absolute Gasteiger partial charge is 0.465 e. The van der Waals surface area contributed by atoms with E-state index in [-0.39, 0.29) is 25.3 Å². The molecule has 1 aromatic rings. The summed E-state index contributed by atoms with van der Waals surface area (Å²) in [6.45, 7) is 0.735. The summed E-state index contributed by atoms with van der Waals surface area (Å²) in [6, 6.07) is 3.29. The Morgan fingerprint density at radius 2 is 2.17 bits per heavy atom. The Kier molecular flexibility index (Phi) is 4.50. The van der Waals surface area contributed by atoms with E-state index in [4.69, 9.17) is 4.74 Å². The van der Waals surface area contributed by atoms with Crippen LogP contribution in [0.5, 0.6) is 0 Å². The number of nitrogens with zero attached hydrogens (tertiary/aromatic N) is 2. The molecular formula is C17H22F2N2O2. The Morgan fingerprint density at radius 1 is 1.39 bits per heavy atom. The van der Waals surface area contributed by atoms with Gasteiger partial charge in [0.1, 0.15) is 11.4 Å². The zero-order valence-corrected chi connectivity index (χ0v) is 13.3. The second-order valence-corrected chi connectivity index (χ2v) is 6.57. The summed E-state index contributed by atoms with van der Waals surface area (Å²) >= 11 is 0. The maximum atomic E-state index is 14.1. The number of anilines is 1. The predicted octanol–water partition coefficient (Wildman–Crippen LogP) is 3.52. The van der Waals surface area contributed by atoms with Crippen molar-refractivity contribution in [3.8, 4) is 0 Å². The lowest BCUT2D eigenvalue weighted by atomic mass is 9.73. The van der Waals surface area contributed by atoms with E-state index in [1.54, 1.807) is 18.3 Å². The molecule has 1 unspecified atom stereocenters. The summed E-state index contributed by atoms with van der Waals surface area (Å²) in [7, 11) is 1.31. The molecule has 1 saturated carbocycles. The number of methoxy groups -OCH3 is 1. The molecule has 0 amide bonds. The molecule has 0 aromatic carbocycles. The fraction of sp³-hybridized carbons (Fsp3) is 0.647. The van der Waals surface area contributed by atoms with Crippen molar-refractivity contribution in [2.24, 2.45) is 11.8 Å². The third-order valence-electron chi connectivity index (χ3n) is 5.07. The van der Waals surface area contributed by atoms with Gasteiger partial charge in [0.15, 0.2) is 0 Å². The smallest absolute Gasteiger partial charge is 0.341 e. The second-order valence-electron chi connectivity index (χ2n) is 6.57. The number of rotatable bonds is 3. The molecule has 3 rings (SSSR count). The highest BCUT2D eigenvalue weighted by molar-refractivity contribution is 5.94. The van der Waals surface area contributed by atoms with E-state index in [0.29, 0.717) is 23.8 Å². The highest BCUT2D eigenvalue weighted by atomic mass is 19.3. The number of carbonyl (C=O) groups is 1. The second kappa shape index (κ2) is 6.42. The minimum absolute atomic E-state index is 0.0475. The van der Waals surface area contributed by atoms with Gasteiger partial charge in [-0.2, -0.15) is 0 Å². The molecule has 1 saturated heterocycles. The van der Waals surface area contributed by atoms with Crippen LogP contribution >= 0.6 is 0 Å². The van der Waals surface area contributed by atoms with Gasteiger partial charge in [-0.3, -0.25) is 0 Å². The van der Waals surface area contributed by atoms with E-state index in [1.807, 2.05) is 4.90 Å². The lowest BCUT2D eigenvalue weighted by Gasteiger charge is -2.36. The van der Waals surface area contributed by atoms with Crippen LogP contribution < -0.4 is 4.90 Å². The van der Waals surface area contributed by atoms with Gasteiger partial charge in [0, 0.05) is 32.1 Å². The van der Waals surface area contributed by atoms with Crippen molar-refractivity contribution >= 4 is 11.8 Å². The van der Waals surface area contributed by atoms with Crippen LogP contribution in [0.3, 0.4) is 0 Å². The minimum Gasteiger partial charge on any atom is -0.465 e. The van der Waals surface area contributed by atoms with Gasteiger partial charge in [0.2, 0.25) is 5.92 Å². The molecule has 0 bridgehead atoms. The topological polar surface area (TPSA) is 42.4 Å². The number of ether oxygens (including phenoxy) is 1. The number of esters is 1. The van der Waals surface area contributed by atoms with Gasteiger partial charge >= 0.3 is 5.97 Å². The molecule has 4 nitrogen and oxygen atoms in total. The Hall–Kier alpha value is -1.72. The average molecular weight is 324 g/mol. The van der Waals surface area contributed by atoms with Crippen LogP contribution in [0, 0.1) is 11.8 Å². The van der Waals surface area contributed by atoms with E-state index in [1.165, 1.54) is 7.11 Å². The van der Waals surface area contributed by atoms with E-state index in [9.17, 15) is 13.6 Å². The fourth-order valence-corrected chi connectivity index (χ4v) is 3.56. The molecule has 1 atom stereocenters. The Bertz CT molecular complexity index is 575. The van der Waals surface area contributed by atoms with Crippen LogP contribution in [-0.4, -0.2) is 37.1 Å². The van der Waals surface area contributed by atoms with Crippen LogP contribution in [-0.2, 0) is 4.74 Å². The van der Waals surface area contributed by atoms with Gasteiger partial charge in [0.05, 0.1) is 7.11 Å². The van der Waals surface area contributed by atoms with E-state index >= 15 is 0 Å². The lowest BCUT2D eigenvalue weighted by Crippen LogP contribution is -2.35. The number of carbonyl (C=O) groups excluding carboxylic acids is 1. The van der Waals surface area contributed by atoms with Crippen molar-refractivity contribution in [1.82, 2.24) is 4.98 Å². The lowest BCUT2D eigenvalue weighted by molar-refractivity contribution is -0.0330. The third-order valence-corrected chi connectivity index (χ3v) is 5.07. The summed E-state index contributed by atoms with van der Waals surface area (Å²) < 4.78 is 33.0. The summed E-state index contributed by atoms with van der Waals surface area (Å²) in [6.07, 6.45) is 4.51. The molecule has 1 aliphatic carbocycles. The molecule has 2 fully saturated rings. The molecular weight excluding hydrogens is 302 g/mol. The van der Waals surface area contributed by atoms with Crippen LogP contribution in [0.1, 0.15) is 42.5 Å². The molecule has 2 heterocycles. The average Bonchev–Trinajstić information content (AvgIpc) is 2.63. The number of alkyl halides is 2. The van der Waals surface area contributed by atoms with Gasteiger partial charge in [-0.25, -0.2) is 18.6 Å². The van der Waals surface area contributed by atoms with Gasteiger partial charge < -0.3 is 9.64 Å². The number of hydrogen-bond acceptors (Lipinski definition) is 4. The molecule has 23 heavy (non-hydrogen) atoms.